The van der Waals surface area contributed by atoms with Crippen LogP contribution in [-0.2, 0) is 0 Å². The molecular formula is C10H12ClN3O3. The number of anilines is 1. The Hall–Kier alpha value is -1.82. The minimum absolute atomic E-state index is 0.145. The quantitative estimate of drug-likeness (QED) is 0.664. The molecule has 0 bridgehead atoms. The lowest BCUT2D eigenvalue weighted by Gasteiger charge is -2.12. The third-order valence-electron chi connectivity index (χ3n) is 2.17. The van der Waals surface area contributed by atoms with Crippen molar-refractivity contribution in [3.63, 3.8) is 0 Å². The van der Waals surface area contributed by atoms with E-state index in [1.807, 2.05) is 0 Å². The summed E-state index contributed by atoms with van der Waals surface area (Å²) < 4.78 is 0. The lowest BCUT2D eigenvalue weighted by atomic mass is 10.1. The van der Waals surface area contributed by atoms with E-state index in [2.05, 4.69) is 5.32 Å². The molecule has 7 heteroatoms. The maximum atomic E-state index is 11.7. The Morgan fingerprint density at radius 3 is 2.47 bits per heavy atom. The van der Waals surface area contributed by atoms with Crippen LogP contribution in [0.2, 0.25) is 5.02 Å². The molecule has 0 spiro atoms. The average Bonchev–Trinajstić information content (AvgIpc) is 2.26. The molecule has 0 aliphatic rings. The third kappa shape index (κ3) is 2.65. The summed E-state index contributed by atoms with van der Waals surface area (Å²) in [6.45, 7) is 0. The Labute approximate surface area is 103 Å². The first-order valence-corrected chi connectivity index (χ1v) is 5.13. The van der Waals surface area contributed by atoms with Crippen LogP contribution in [-0.4, -0.2) is 36.9 Å². The van der Waals surface area contributed by atoms with Crippen LogP contribution in [0.25, 0.3) is 0 Å². The van der Waals surface area contributed by atoms with Crippen molar-refractivity contribution in [1.29, 1.82) is 0 Å². The van der Waals surface area contributed by atoms with Gasteiger partial charge in [-0.25, -0.2) is 0 Å². The van der Waals surface area contributed by atoms with Gasteiger partial charge in [0.05, 0.1) is 9.95 Å². The summed E-state index contributed by atoms with van der Waals surface area (Å²) in [6.07, 6.45) is 0. The number of carbonyl (C=O) groups excluding carboxylic acids is 1. The van der Waals surface area contributed by atoms with Gasteiger partial charge in [-0.1, -0.05) is 11.6 Å². The zero-order valence-corrected chi connectivity index (χ0v) is 10.4. The lowest BCUT2D eigenvalue weighted by molar-refractivity contribution is -0.383. The molecule has 0 radical (unpaired) electrons. The smallest absolute Gasteiger partial charge is 0.294 e. The van der Waals surface area contributed by atoms with Crippen molar-refractivity contribution in [2.75, 3.05) is 26.5 Å². The van der Waals surface area contributed by atoms with Crippen molar-refractivity contribution in [2.24, 2.45) is 0 Å². The number of rotatable bonds is 3. The molecule has 0 heterocycles. The van der Waals surface area contributed by atoms with Gasteiger partial charge in [0, 0.05) is 32.8 Å². The first-order valence-electron chi connectivity index (χ1n) is 4.75. The van der Waals surface area contributed by atoms with E-state index in [0.29, 0.717) is 0 Å². The van der Waals surface area contributed by atoms with Crippen LogP contribution in [0.3, 0.4) is 0 Å². The Morgan fingerprint density at radius 2 is 2.06 bits per heavy atom. The van der Waals surface area contributed by atoms with Gasteiger partial charge in [0.2, 0.25) is 0 Å². The number of benzene rings is 1. The summed E-state index contributed by atoms with van der Waals surface area (Å²) in [7, 11) is 4.66. The van der Waals surface area contributed by atoms with Crippen molar-refractivity contribution in [3.8, 4) is 0 Å². The molecule has 0 atom stereocenters. The maximum Gasteiger partial charge on any atom is 0.294 e. The Bertz CT molecular complexity index is 474. The largest absolute Gasteiger partial charge is 0.381 e. The molecule has 1 N–H and O–H groups in total. The molecule has 0 saturated carbocycles. The highest BCUT2D eigenvalue weighted by atomic mass is 35.5. The van der Waals surface area contributed by atoms with Gasteiger partial charge in [-0.2, -0.15) is 0 Å². The molecule has 92 valence electrons. The highest BCUT2D eigenvalue weighted by Crippen LogP contribution is 2.33. The van der Waals surface area contributed by atoms with Gasteiger partial charge in [0.15, 0.2) is 0 Å². The fraction of sp³-hybridized carbons (Fsp3) is 0.300. The van der Waals surface area contributed by atoms with Gasteiger partial charge in [-0.05, 0) is 6.07 Å². The third-order valence-corrected chi connectivity index (χ3v) is 2.47. The van der Waals surface area contributed by atoms with E-state index >= 15 is 0 Å². The monoisotopic (exact) mass is 257 g/mol. The van der Waals surface area contributed by atoms with Gasteiger partial charge < -0.3 is 10.2 Å². The number of halogens is 1. The highest BCUT2D eigenvalue weighted by molar-refractivity contribution is 6.34. The van der Waals surface area contributed by atoms with Gasteiger partial charge in [-0.15, -0.1) is 0 Å². The Kier molecular flexibility index (Phi) is 3.90. The Balaban J connectivity index is 3.39. The van der Waals surface area contributed by atoms with E-state index < -0.39 is 4.92 Å². The summed E-state index contributed by atoms with van der Waals surface area (Å²) in [5, 5.41) is 13.6. The van der Waals surface area contributed by atoms with Crippen LogP contribution < -0.4 is 5.32 Å². The summed E-state index contributed by atoms with van der Waals surface area (Å²) in [5.41, 5.74) is 0.169. The summed E-state index contributed by atoms with van der Waals surface area (Å²) in [5.74, 6) is -0.336. The summed E-state index contributed by atoms with van der Waals surface area (Å²) >= 11 is 5.89. The predicted molar refractivity (Wildman–Crippen MR) is 65.7 cm³/mol. The van der Waals surface area contributed by atoms with Gasteiger partial charge in [0.1, 0.15) is 5.69 Å². The van der Waals surface area contributed by atoms with Gasteiger partial charge in [-0.3, -0.25) is 14.9 Å². The maximum absolute atomic E-state index is 11.7. The molecule has 0 fully saturated rings. The number of amides is 1. The number of nitro benzene ring substituents is 1. The number of hydrogen-bond acceptors (Lipinski definition) is 4. The van der Waals surface area contributed by atoms with Crippen molar-refractivity contribution >= 4 is 28.9 Å². The molecule has 0 aliphatic heterocycles. The zero-order chi connectivity index (χ0) is 13.2. The van der Waals surface area contributed by atoms with Crippen LogP contribution in [0.15, 0.2) is 12.1 Å². The molecule has 0 aromatic heterocycles. The summed E-state index contributed by atoms with van der Waals surface area (Å²) in [4.78, 5) is 23.3. The number of hydrogen-bond donors (Lipinski definition) is 1. The van der Waals surface area contributed by atoms with Crippen LogP contribution in [0, 0.1) is 10.1 Å². The van der Waals surface area contributed by atoms with E-state index in [4.69, 9.17) is 11.6 Å². The van der Waals surface area contributed by atoms with Crippen molar-refractivity contribution < 1.29 is 9.72 Å². The van der Waals surface area contributed by atoms with Crippen LogP contribution in [0.1, 0.15) is 10.4 Å². The SMILES string of the molecule is CNc1c(Cl)cc(C(=O)N(C)C)cc1[N+](=O)[O-]. The van der Waals surface area contributed by atoms with Gasteiger partial charge >= 0.3 is 0 Å². The van der Waals surface area contributed by atoms with E-state index in [1.54, 1.807) is 14.1 Å². The summed E-state index contributed by atoms with van der Waals surface area (Å²) in [6, 6.07) is 2.61. The first-order chi connectivity index (χ1) is 7.88. The minimum atomic E-state index is -0.579. The second-order valence-corrected chi connectivity index (χ2v) is 3.97. The normalized spacial score (nSPS) is 9.88. The Morgan fingerprint density at radius 1 is 1.47 bits per heavy atom. The van der Waals surface area contributed by atoms with Gasteiger partial charge in [0.25, 0.3) is 11.6 Å². The number of nitro groups is 1. The standard InChI is InChI=1S/C10H12ClN3O3/c1-12-9-7(11)4-6(10(15)13(2)3)5-8(9)14(16)17/h4-5,12H,1-3H3. The lowest BCUT2D eigenvalue weighted by Crippen LogP contribution is -2.21. The molecule has 1 aromatic carbocycles. The topological polar surface area (TPSA) is 75.5 Å². The second-order valence-electron chi connectivity index (χ2n) is 3.56. The van der Waals surface area contributed by atoms with Crippen molar-refractivity contribution in [1.82, 2.24) is 4.90 Å². The molecule has 17 heavy (non-hydrogen) atoms. The number of nitrogens with one attached hydrogen (secondary N) is 1. The molecule has 1 amide bonds. The molecule has 6 nitrogen and oxygen atoms in total. The molecule has 1 rings (SSSR count). The predicted octanol–water partition coefficient (Wildman–Crippen LogP) is 1.99. The molecule has 0 saturated heterocycles. The average molecular weight is 258 g/mol. The molecular weight excluding hydrogens is 246 g/mol. The zero-order valence-electron chi connectivity index (χ0n) is 9.65. The molecule has 1 aromatic rings. The van der Waals surface area contributed by atoms with E-state index in [-0.39, 0.29) is 27.9 Å². The molecule has 0 aliphatic carbocycles. The molecule has 0 unspecified atom stereocenters. The fourth-order valence-corrected chi connectivity index (χ4v) is 1.67. The van der Waals surface area contributed by atoms with Crippen molar-refractivity contribution in [2.45, 2.75) is 0 Å². The second kappa shape index (κ2) is 5.01. The minimum Gasteiger partial charge on any atom is -0.381 e. The number of carbonyl (C=O) groups is 1. The van der Waals surface area contributed by atoms with Crippen LogP contribution in [0.4, 0.5) is 11.4 Å². The van der Waals surface area contributed by atoms with E-state index in [1.165, 1.54) is 24.1 Å². The van der Waals surface area contributed by atoms with Crippen molar-refractivity contribution in [3.05, 3.63) is 32.8 Å². The fourth-order valence-electron chi connectivity index (χ4n) is 1.37. The van der Waals surface area contributed by atoms with E-state index in [0.717, 1.165) is 0 Å². The van der Waals surface area contributed by atoms with E-state index in [9.17, 15) is 14.9 Å². The van der Waals surface area contributed by atoms with Crippen LogP contribution >= 0.6 is 11.6 Å². The number of nitrogens with zero attached hydrogens (tertiary/aromatic N) is 2. The first kappa shape index (κ1) is 13.2. The van der Waals surface area contributed by atoms with Crippen LogP contribution in [0.5, 0.6) is 0 Å². The highest BCUT2D eigenvalue weighted by Gasteiger charge is 2.21.